The Balaban J connectivity index is 1.67. The third-order valence-electron chi connectivity index (χ3n) is 3.95. The molecule has 2 heterocycles. The summed E-state index contributed by atoms with van der Waals surface area (Å²) in [4.78, 5) is 27.0. The Morgan fingerprint density at radius 3 is 2.78 bits per heavy atom. The van der Waals surface area contributed by atoms with Crippen molar-refractivity contribution >= 4 is 17.5 Å². The molecule has 2 aromatic heterocycles. The van der Waals surface area contributed by atoms with Gasteiger partial charge in [-0.1, -0.05) is 6.07 Å². The number of rotatable bonds is 6. The number of hydrogen-bond donors (Lipinski definition) is 1. The molecular weight excluding hydrogens is 340 g/mol. The number of carbonyl (C=O) groups excluding carboxylic acids is 1. The van der Waals surface area contributed by atoms with Gasteiger partial charge in [0.05, 0.1) is 11.6 Å². The van der Waals surface area contributed by atoms with Crippen LogP contribution in [-0.4, -0.2) is 34.5 Å². The number of pyridine rings is 1. The lowest BCUT2D eigenvalue weighted by atomic mass is 10.2. The van der Waals surface area contributed by atoms with Crippen LogP contribution >= 0.6 is 0 Å². The van der Waals surface area contributed by atoms with E-state index in [0.717, 1.165) is 6.42 Å². The Kier molecular flexibility index (Phi) is 5.70. The summed E-state index contributed by atoms with van der Waals surface area (Å²) in [5.74, 6) is 0.124. The number of benzene rings is 1. The average Bonchev–Trinajstić information content (AvgIpc) is 2.73. The largest absolute Gasteiger partial charge is 0.344 e. The molecule has 7 nitrogen and oxygen atoms in total. The van der Waals surface area contributed by atoms with Gasteiger partial charge in [-0.15, -0.1) is 0 Å². The van der Waals surface area contributed by atoms with Crippen LogP contribution in [-0.2, 0) is 6.42 Å². The molecule has 1 amide bonds. The molecule has 1 aromatic carbocycles. The standard InChI is InChI=1S/C20H18N6O/c1-26(12-8-15-5-9-22-10-6-15)20-23-11-7-18(25-20)19(27)24-17-4-2-3-16(13-17)14-21/h2-7,9-11,13H,8,12H2,1H3,(H,24,27). The zero-order chi connectivity index (χ0) is 19.1. The zero-order valence-electron chi connectivity index (χ0n) is 14.8. The third-order valence-corrected chi connectivity index (χ3v) is 3.95. The lowest BCUT2D eigenvalue weighted by Crippen LogP contribution is -2.24. The van der Waals surface area contributed by atoms with E-state index in [1.807, 2.05) is 30.1 Å². The molecule has 0 saturated carbocycles. The molecule has 0 aliphatic carbocycles. The van der Waals surface area contributed by atoms with E-state index in [1.54, 1.807) is 48.9 Å². The Morgan fingerprint density at radius 2 is 2.00 bits per heavy atom. The summed E-state index contributed by atoms with van der Waals surface area (Å²) in [7, 11) is 1.88. The van der Waals surface area contributed by atoms with Crippen molar-refractivity contribution in [1.29, 1.82) is 5.26 Å². The van der Waals surface area contributed by atoms with Crippen molar-refractivity contribution in [3.05, 3.63) is 77.9 Å². The number of nitrogens with zero attached hydrogens (tertiary/aromatic N) is 5. The van der Waals surface area contributed by atoms with Crippen LogP contribution in [0.15, 0.2) is 61.1 Å². The second-order valence-electron chi connectivity index (χ2n) is 5.92. The lowest BCUT2D eigenvalue weighted by molar-refractivity contribution is 0.102. The summed E-state index contributed by atoms with van der Waals surface area (Å²) < 4.78 is 0. The van der Waals surface area contributed by atoms with E-state index < -0.39 is 0 Å². The van der Waals surface area contributed by atoms with E-state index in [9.17, 15) is 4.79 Å². The number of nitrogens with one attached hydrogen (secondary N) is 1. The third kappa shape index (κ3) is 4.86. The van der Waals surface area contributed by atoms with Crippen LogP contribution in [0.2, 0.25) is 0 Å². The molecular formula is C20H18N6O. The van der Waals surface area contributed by atoms with E-state index in [4.69, 9.17) is 5.26 Å². The summed E-state index contributed by atoms with van der Waals surface area (Å²) >= 11 is 0. The molecule has 0 saturated heterocycles. The van der Waals surface area contributed by atoms with E-state index in [-0.39, 0.29) is 11.6 Å². The average molecular weight is 358 g/mol. The number of nitriles is 1. The van der Waals surface area contributed by atoms with Gasteiger partial charge in [0.2, 0.25) is 5.95 Å². The summed E-state index contributed by atoms with van der Waals surface area (Å²) in [6, 6.07) is 14.3. The minimum atomic E-state index is -0.351. The Hall–Kier alpha value is -3.79. The zero-order valence-corrected chi connectivity index (χ0v) is 14.8. The molecule has 0 atom stereocenters. The van der Waals surface area contributed by atoms with Gasteiger partial charge in [-0.3, -0.25) is 9.78 Å². The predicted octanol–water partition coefficient (Wildman–Crippen LogP) is 2.67. The first-order valence-electron chi connectivity index (χ1n) is 8.40. The minimum Gasteiger partial charge on any atom is -0.344 e. The van der Waals surface area contributed by atoms with Gasteiger partial charge < -0.3 is 10.2 Å². The van der Waals surface area contributed by atoms with Gasteiger partial charge >= 0.3 is 0 Å². The summed E-state index contributed by atoms with van der Waals surface area (Å²) in [6.07, 6.45) is 5.90. The first kappa shape index (κ1) is 18.0. The molecule has 0 spiro atoms. The van der Waals surface area contributed by atoms with Gasteiger partial charge in [-0.05, 0) is 48.4 Å². The SMILES string of the molecule is CN(CCc1ccncc1)c1nccc(C(=O)Nc2cccc(C#N)c2)n1. The molecule has 3 aromatic rings. The van der Waals surface area contributed by atoms with Crippen molar-refractivity contribution in [2.45, 2.75) is 6.42 Å². The maximum atomic E-state index is 12.5. The second kappa shape index (κ2) is 8.54. The highest BCUT2D eigenvalue weighted by Gasteiger charge is 2.12. The number of carbonyl (C=O) groups is 1. The summed E-state index contributed by atoms with van der Waals surface area (Å²) in [5.41, 5.74) is 2.46. The van der Waals surface area contributed by atoms with Crippen LogP contribution < -0.4 is 10.2 Å². The number of hydrogen-bond acceptors (Lipinski definition) is 6. The molecule has 7 heteroatoms. The van der Waals surface area contributed by atoms with Crippen molar-refractivity contribution in [2.24, 2.45) is 0 Å². The molecule has 134 valence electrons. The number of likely N-dealkylation sites (N-methyl/N-ethyl adjacent to an activating group) is 1. The molecule has 3 rings (SSSR count). The molecule has 1 N–H and O–H groups in total. The van der Waals surface area contributed by atoms with Gasteiger partial charge in [0.1, 0.15) is 5.69 Å². The van der Waals surface area contributed by atoms with Crippen LogP contribution in [0.1, 0.15) is 21.6 Å². The van der Waals surface area contributed by atoms with Gasteiger partial charge in [0.15, 0.2) is 0 Å². The molecule has 0 aliphatic heterocycles. The second-order valence-corrected chi connectivity index (χ2v) is 5.92. The summed E-state index contributed by atoms with van der Waals surface area (Å²) in [6.45, 7) is 0.708. The van der Waals surface area contributed by atoms with Gasteiger partial charge in [-0.25, -0.2) is 9.97 Å². The monoisotopic (exact) mass is 358 g/mol. The lowest BCUT2D eigenvalue weighted by Gasteiger charge is -2.17. The van der Waals surface area contributed by atoms with Crippen molar-refractivity contribution < 1.29 is 4.79 Å². The van der Waals surface area contributed by atoms with Crippen molar-refractivity contribution in [1.82, 2.24) is 15.0 Å². The number of aromatic nitrogens is 3. The van der Waals surface area contributed by atoms with Crippen LogP contribution in [0.5, 0.6) is 0 Å². The molecule has 0 bridgehead atoms. The van der Waals surface area contributed by atoms with E-state index in [2.05, 4.69) is 20.3 Å². The van der Waals surface area contributed by atoms with Crippen molar-refractivity contribution in [3.63, 3.8) is 0 Å². The van der Waals surface area contributed by atoms with Crippen LogP contribution in [0, 0.1) is 11.3 Å². The van der Waals surface area contributed by atoms with Crippen LogP contribution in [0.3, 0.4) is 0 Å². The highest BCUT2D eigenvalue weighted by molar-refractivity contribution is 6.03. The Bertz CT molecular complexity index is 967. The van der Waals surface area contributed by atoms with Crippen LogP contribution in [0.4, 0.5) is 11.6 Å². The summed E-state index contributed by atoms with van der Waals surface area (Å²) in [5, 5.41) is 11.7. The fourth-order valence-corrected chi connectivity index (χ4v) is 2.47. The maximum Gasteiger partial charge on any atom is 0.274 e. The quantitative estimate of drug-likeness (QED) is 0.728. The topological polar surface area (TPSA) is 94.8 Å². The Labute approximate surface area is 157 Å². The molecule has 27 heavy (non-hydrogen) atoms. The van der Waals surface area contributed by atoms with Gasteiger partial charge in [0.25, 0.3) is 5.91 Å². The molecule has 0 unspecified atom stereocenters. The maximum absolute atomic E-state index is 12.5. The molecule has 0 radical (unpaired) electrons. The van der Waals surface area contributed by atoms with E-state index >= 15 is 0 Å². The normalized spacial score (nSPS) is 10.1. The fourth-order valence-electron chi connectivity index (χ4n) is 2.47. The Morgan fingerprint density at radius 1 is 1.19 bits per heavy atom. The number of amides is 1. The highest BCUT2D eigenvalue weighted by Crippen LogP contribution is 2.12. The van der Waals surface area contributed by atoms with E-state index in [0.29, 0.717) is 23.7 Å². The van der Waals surface area contributed by atoms with Gasteiger partial charge in [0, 0.05) is 37.9 Å². The predicted molar refractivity (Wildman–Crippen MR) is 102 cm³/mol. The first-order valence-corrected chi connectivity index (χ1v) is 8.40. The van der Waals surface area contributed by atoms with Crippen molar-refractivity contribution in [2.75, 3.05) is 23.8 Å². The minimum absolute atomic E-state index is 0.262. The smallest absolute Gasteiger partial charge is 0.274 e. The van der Waals surface area contributed by atoms with Gasteiger partial charge in [-0.2, -0.15) is 5.26 Å². The molecule has 0 aliphatic rings. The molecule has 0 fully saturated rings. The van der Waals surface area contributed by atoms with E-state index in [1.165, 1.54) is 5.56 Å². The van der Waals surface area contributed by atoms with Crippen molar-refractivity contribution in [3.8, 4) is 6.07 Å². The van der Waals surface area contributed by atoms with Crippen LogP contribution in [0.25, 0.3) is 0 Å². The highest BCUT2D eigenvalue weighted by atomic mass is 16.1. The fraction of sp³-hybridized carbons (Fsp3) is 0.150. The first-order chi connectivity index (χ1) is 13.2. The number of anilines is 2.